The van der Waals surface area contributed by atoms with Crippen molar-refractivity contribution in [2.45, 2.75) is 71.5 Å². The minimum atomic E-state index is -3.76. The Hall–Kier alpha value is -2.58. The smallest absolute Gasteiger partial charge is 0.244 e. The highest BCUT2D eigenvalue weighted by atomic mass is 35.5. The number of benzene rings is 2. The molecule has 1 atom stereocenters. The zero-order valence-corrected chi connectivity index (χ0v) is 23.0. The SMILES string of the molecule is CC[C@H](C(=O)NC1CCCC1)N(Cc1ccc(Cl)cc1)C(=O)CN(c1ccc(C)c(C)c1)S(C)(=O)=O. The van der Waals surface area contributed by atoms with Gasteiger partial charge in [-0.1, -0.05) is 49.6 Å². The monoisotopic (exact) mass is 533 g/mol. The van der Waals surface area contributed by atoms with Gasteiger partial charge >= 0.3 is 0 Å². The lowest BCUT2D eigenvalue weighted by Crippen LogP contribution is -2.53. The highest BCUT2D eigenvalue weighted by Gasteiger charge is 2.33. The molecule has 1 saturated carbocycles. The molecule has 3 rings (SSSR count). The minimum absolute atomic E-state index is 0.113. The van der Waals surface area contributed by atoms with Crippen LogP contribution < -0.4 is 9.62 Å². The number of hydrogen-bond acceptors (Lipinski definition) is 4. The fourth-order valence-electron chi connectivity index (χ4n) is 4.57. The van der Waals surface area contributed by atoms with Gasteiger partial charge in [0.1, 0.15) is 12.6 Å². The van der Waals surface area contributed by atoms with Crippen molar-refractivity contribution in [2.24, 2.45) is 0 Å². The van der Waals surface area contributed by atoms with E-state index in [1.807, 2.05) is 39.0 Å². The lowest BCUT2D eigenvalue weighted by atomic mass is 10.1. The first kappa shape index (κ1) is 28.0. The van der Waals surface area contributed by atoms with Crippen molar-refractivity contribution >= 4 is 39.1 Å². The molecular formula is C27H36ClN3O4S. The summed E-state index contributed by atoms with van der Waals surface area (Å²) in [6.07, 6.45) is 5.51. The molecule has 0 aliphatic heterocycles. The van der Waals surface area contributed by atoms with Crippen molar-refractivity contribution in [1.29, 1.82) is 0 Å². The predicted octanol–water partition coefficient (Wildman–Crippen LogP) is 4.59. The maximum absolute atomic E-state index is 13.8. The van der Waals surface area contributed by atoms with Gasteiger partial charge in [0.05, 0.1) is 11.9 Å². The molecular weight excluding hydrogens is 498 g/mol. The Morgan fingerprint density at radius 3 is 2.25 bits per heavy atom. The van der Waals surface area contributed by atoms with Crippen molar-refractivity contribution in [2.75, 3.05) is 17.1 Å². The fourth-order valence-corrected chi connectivity index (χ4v) is 5.54. The van der Waals surface area contributed by atoms with Crippen LogP contribution in [0.4, 0.5) is 5.69 Å². The fraction of sp³-hybridized carbons (Fsp3) is 0.481. The van der Waals surface area contributed by atoms with Gasteiger partial charge in [0, 0.05) is 17.6 Å². The normalized spacial score (nSPS) is 14.9. The minimum Gasteiger partial charge on any atom is -0.352 e. The molecule has 1 fully saturated rings. The third kappa shape index (κ3) is 7.23. The first-order valence-corrected chi connectivity index (χ1v) is 14.6. The maximum atomic E-state index is 13.8. The Morgan fingerprint density at radius 2 is 1.69 bits per heavy atom. The Bertz CT molecular complexity index is 1180. The van der Waals surface area contributed by atoms with Crippen molar-refractivity contribution < 1.29 is 18.0 Å². The van der Waals surface area contributed by atoms with Gasteiger partial charge in [0.2, 0.25) is 21.8 Å². The van der Waals surface area contributed by atoms with Crippen LogP contribution in [-0.2, 0) is 26.2 Å². The van der Waals surface area contributed by atoms with Crippen molar-refractivity contribution in [3.63, 3.8) is 0 Å². The summed E-state index contributed by atoms with van der Waals surface area (Å²) in [6, 6.07) is 11.8. The average molecular weight is 534 g/mol. The molecule has 9 heteroatoms. The molecule has 2 amide bonds. The molecule has 1 aliphatic rings. The zero-order valence-electron chi connectivity index (χ0n) is 21.5. The van der Waals surface area contributed by atoms with E-state index in [4.69, 9.17) is 11.6 Å². The Labute approximate surface area is 219 Å². The molecule has 0 radical (unpaired) electrons. The van der Waals surface area contributed by atoms with Crippen molar-refractivity contribution in [3.05, 3.63) is 64.2 Å². The summed E-state index contributed by atoms with van der Waals surface area (Å²) in [6.45, 7) is 5.46. The molecule has 7 nitrogen and oxygen atoms in total. The summed E-state index contributed by atoms with van der Waals surface area (Å²) < 4.78 is 26.6. The number of anilines is 1. The maximum Gasteiger partial charge on any atom is 0.244 e. The van der Waals surface area contributed by atoms with Gasteiger partial charge in [0.15, 0.2) is 0 Å². The van der Waals surface area contributed by atoms with Gasteiger partial charge in [-0.15, -0.1) is 0 Å². The summed E-state index contributed by atoms with van der Waals surface area (Å²) in [5, 5.41) is 3.67. The number of hydrogen-bond donors (Lipinski definition) is 1. The van der Waals surface area contributed by atoms with E-state index in [2.05, 4.69) is 5.32 Å². The topological polar surface area (TPSA) is 86.8 Å². The van der Waals surface area contributed by atoms with Crippen LogP contribution in [0, 0.1) is 13.8 Å². The molecule has 0 spiro atoms. The van der Waals surface area contributed by atoms with E-state index in [-0.39, 0.29) is 18.5 Å². The number of sulfonamides is 1. The number of carbonyl (C=O) groups is 2. The van der Waals surface area contributed by atoms with E-state index in [9.17, 15) is 18.0 Å². The van der Waals surface area contributed by atoms with Crippen molar-refractivity contribution in [1.82, 2.24) is 10.2 Å². The van der Waals surface area contributed by atoms with Crippen LogP contribution >= 0.6 is 11.6 Å². The van der Waals surface area contributed by atoms with Gasteiger partial charge in [-0.3, -0.25) is 13.9 Å². The second-order valence-electron chi connectivity index (χ2n) is 9.60. The van der Waals surface area contributed by atoms with Gasteiger partial charge in [-0.2, -0.15) is 0 Å². The molecule has 36 heavy (non-hydrogen) atoms. The van der Waals surface area contributed by atoms with Crippen LogP contribution in [0.25, 0.3) is 0 Å². The first-order chi connectivity index (χ1) is 17.0. The number of aryl methyl sites for hydroxylation is 2. The van der Waals surface area contributed by atoms with E-state index in [1.54, 1.807) is 24.3 Å². The zero-order chi connectivity index (χ0) is 26.5. The van der Waals surface area contributed by atoms with Crippen LogP contribution in [0.5, 0.6) is 0 Å². The van der Waals surface area contributed by atoms with Gasteiger partial charge in [0.25, 0.3) is 0 Å². The lowest BCUT2D eigenvalue weighted by Gasteiger charge is -2.33. The van der Waals surface area contributed by atoms with Crippen LogP contribution in [-0.4, -0.2) is 50.0 Å². The van der Waals surface area contributed by atoms with E-state index in [0.717, 1.165) is 52.9 Å². The summed E-state index contributed by atoms with van der Waals surface area (Å²) in [4.78, 5) is 28.5. The molecule has 196 valence electrons. The number of amides is 2. The highest BCUT2D eigenvalue weighted by Crippen LogP contribution is 2.23. The van der Waals surface area contributed by atoms with Gasteiger partial charge < -0.3 is 10.2 Å². The van der Waals surface area contributed by atoms with Crippen LogP contribution in [0.2, 0.25) is 5.02 Å². The summed E-state index contributed by atoms with van der Waals surface area (Å²) >= 11 is 6.04. The first-order valence-electron chi connectivity index (χ1n) is 12.4. The molecule has 2 aromatic carbocycles. The Kier molecular flexibility index (Phi) is 9.41. The molecule has 2 aromatic rings. The van der Waals surface area contributed by atoms with Crippen LogP contribution in [0.1, 0.15) is 55.7 Å². The Morgan fingerprint density at radius 1 is 1.06 bits per heavy atom. The standard InChI is InChI=1S/C27H36ClN3O4S/c1-5-25(27(33)29-23-8-6-7-9-23)30(17-21-11-13-22(28)14-12-21)26(32)18-31(36(4,34)35)24-15-10-19(2)20(3)16-24/h10-16,23,25H,5-9,17-18H2,1-4H3,(H,29,33)/t25-/m1/s1. The lowest BCUT2D eigenvalue weighted by molar-refractivity contribution is -0.140. The number of nitrogens with zero attached hydrogens (tertiary/aromatic N) is 2. The van der Waals surface area contributed by atoms with Crippen LogP contribution in [0.3, 0.4) is 0 Å². The molecule has 0 saturated heterocycles. The second kappa shape index (κ2) is 12.1. The molecule has 0 unspecified atom stereocenters. The molecule has 1 aliphatic carbocycles. The van der Waals surface area contributed by atoms with Gasteiger partial charge in [-0.25, -0.2) is 8.42 Å². The van der Waals surface area contributed by atoms with Crippen molar-refractivity contribution in [3.8, 4) is 0 Å². The van der Waals surface area contributed by atoms with E-state index in [1.165, 1.54) is 4.90 Å². The van der Waals surface area contributed by atoms with E-state index < -0.39 is 28.5 Å². The third-order valence-corrected chi connectivity index (χ3v) is 8.20. The quantitative estimate of drug-likeness (QED) is 0.484. The molecule has 1 N–H and O–H groups in total. The van der Waals surface area contributed by atoms with E-state index >= 15 is 0 Å². The average Bonchev–Trinajstić information content (AvgIpc) is 3.32. The summed E-state index contributed by atoms with van der Waals surface area (Å²) in [7, 11) is -3.76. The summed E-state index contributed by atoms with van der Waals surface area (Å²) in [5.41, 5.74) is 3.17. The summed E-state index contributed by atoms with van der Waals surface area (Å²) in [5.74, 6) is -0.647. The largest absolute Gasteiger partial charge is 0.352 e. The van der Waals surface area contributed by atoms with E-state index in [0.29, 0.717) is 17.1 Å². The number of nitrogens with one attached hydrogen (secondary N) is 1. The molecule has 0 heterocycles. The number of rotatable bonds is 10. The molecule has 0 aromatic heterocycles. The highest BCUT2D eigenvalue weighted by molar-refractivity contribution is 7.92. The number of halogens is 1. The molecule has 0 bridgehead atoms. The second-order valence-corrected chi connectivity index (χ2v) is 11.9. The van der Waals surface area contributed by atoms with Crippen LogP contribution in [0.15, 0.2) is 42.5 Å². The third-order valence-electron chi connectivity index (χ3n) is 6.81. The predicted molar refractivity (Wildman–Crippen MR) is 145 cm³/mol. The van der Waals surface area contributed by atoms with Gasteiger partial charge in [-0.05, 0) is 74.1 Å². The Balaban J connectivity index is 1.92. The number of carbonyl (C=O) groups excluding carboxylic acids is 2.